The second-order valence-corrected chi connectivity index (χ2v) is 6.14. The normalized spacial score (nSPS) is 16.3. The molecule has 1 N–H and O–H groups in total. The van der Waals surface area contributed by atoms with Gasteiger partial charge < -0.3 is 14.6 Å². The summed E-state index contributed by atoms with van der Waals surface area (Å²) in [7, 11) is 1.98. The topological polar surface area (TPSA) is 45.5 Å². The van der Waals surface area contributed by atoms with Crippen LogP contribution in [0.1, 0.15) is 23.2 Å². The molecule has 2 aromatic carbocycles. The Balaban J connectivity index is 1.72. The molecule has 0 spiro atoms. The standard InChI is InChI=1S/C19H20N2O2/c1-20-13-9-11-21(12-10-13)19(22)16-7-4-6-15-14-5-2-3-8-17(14)23-18(15)16/h2-8,13,20H,9-12H2,1H3. The van der Waals surface area contributed by atoms with E-state index in [1.165, 1.54) is 0 Å². The Hall–Kier alpha value is -2.33. The third kappa shape index (κ3) is 2.39. The molecule has 2 heterocycles. The molecular weight excluding hydrogens is 288 g/mol. The van der Waals surface area contributed by atoms with E-state index < -0.39 is 0 Å². The molecule has 1 aliphatic rings. The molecule has 1 aliphatic heterocycles. The summed E-state index contributed by atoms with van der Waals surface area (Å²) >= 11 is 0. The predicted molar refractivity (Wildman–Crippen MR) is 91.7 cm³/mol. The number of benzene rings is 2. The lowest BCUT2D eigenvalue weighted by Gasteiger charge is -2.31. The molecule has 4 nitrogen and oxygen atoms in total. The van der Waals surface area contributed by atoms with E-state index in [4.69, 9.17) is 4.42 Å². The maximum Gasteiger partial charge on any atom is 0.257 e. The number of rotatable bonds is 2. The fraction of sp³-hybridized carbons (Fsp3) is 0.316. The number of piperidine rings is 1. The van der Waals surface area contributed by atoms with Crippen molar-refractivity contribution in [3.05, 3.63) is 48.0 Å². The Bertz CT molecular complexity index is 860. The van der Waals surface area contributed by atoms with Gasteiger partial charge in [0.05, 0.1) is 5.56 Å². The number of carbonyl (C=O) groups is 1. The Kier molecular flexibility index (Phi) is 3.54. The van der Waals surface area contributed by atoms with Crippen LogP contribution in [0.4, 0.5) is 0 Å². The van der Waals surface area contributed by atoms with E-state index >= 15 is 0 Å². The molecule has 0 saturated carbocycles. The largest absolute Gasteiger partial charge is 0.455 e. The van der Waals surface area contributed by atoms with E-state index in [1.807, 2.05) is 54.4 Å². The van der Waals surface area contributed by atoms with E-state index in [2.05, 4.69) is 5.32 Å². The van der Waals surface area contributed by atoms with Crippen LogP contribution in [0, 0.1) is 0 Å². The minimum atomic E-state index is 0.0733. The fourth-order valence-corrected chi connectivity index (χ4v) is 3.46. The number of hydrogen-bond donors (Lipinski definition) is 1. The summed E-state index contributed by atoms with van der Waals surface area (Å²) in [6, 6.07) is 14.3. The Labute approximate surface area is 135 Å². The number of carbonyl (C=O) groups excluding carboxylic acids is 1. The second kappa shape index (κ2) is 5.70. The molecule has 1 fully saturated rings. The third-order valence-corrected chi connectivity index (χ3v) is 4.83. The molecule has 118 valence electrons. The van der Waals surface area contributed by atoms with Gasteiger partial charge in [0.2, 0.25) is 0 Å². The monoisotopic (exact) mass is 308 g/mol. The van der Waals surface area contributed by atoms with Gasteiger partial charge in [-0.2, -0.15) is 0 Å². The fourth-order valence-electron chi connectivity index (χ4n) is 3.46. The zero-order chi connectivity index (χ0) is 15.8. The number of fused-ring (bicyclic) bond motifs is 3. The Morgan fingerprint density at radius 3 is 2.61 bits per heavy atom. The SMILES string of the molecule is CNC1CCN(C(=O)c2cccc3c2oc2ccccc23)CC1. The maximum atomic E-state index is 12.9. The molecule has 0 radical (unpaired) electrons. The average molecular weight is 308 g/mol. The van der Waals surface area contributed by atoms with Crippen molar-refractivity contribution in [2.75, 3.05) is 20.1 Å². The van der Waals surface area contributed by atoms with Crippen LogP contribution in [0.25, 0.3) is 21.9 Å². The maximum absolute atomic E-state index is 12.9. The van der Waals surface area contributed by atoms with Gasteiger partial charge in [0.25, 0.3) is 5.91 Å². The molecular formula is C19H20N2O2. The van der Waals surface area contributed by atoms with Crippen LogP contribution in [-0.4, -0.2) is 37.0 Å². The van der Waals surface area contributed by atoms with Crippen molar-refractivity contribution in [2.24, 2.45) is 0 Å². The summed E-state index contributed by atoms with van der Waals surface area (Å²) in [5, 5.41) is 5.37. The number of para-hydroxylation sites is 2. The minimum Gasteiger partial charge on any atom is -0.455 e. The lowest BCUT2D eigenvalue weighted by atomic mass is 10.0. The van der Waals surface area contributed by atoms with Crippen molar-refractivity contribution < 1.29 is 9.21 Å². The summed E-state index contributed by atoms with van der Waals surface area (Å²) in [6.07, 6.45) is 2.00. The van der Waals surface area contributed by atoms with Gasteiger partial charge in [-0.1, -0.05) is 30.3 Å². The van der Waals surface area contributed by atoms with Crippen LogP contribution in [0.2, 0.25) is 0 Å². The molecule has 1 saturated heterocycles. The highest BCUT2D eigenvalue weighted by Gasteiger charge is 2.25. The quantitative estimate of drug-likeness (QED) is 0.789. The molecule has 3 aromatic rings. The van der Waals surface area contributed by atoms with Crippen LogP contribution in [0.5, 0.6) is 0 Å². The highest BCUT2D eigenvalue weighted by atomic mass is 16.3. The average Bonchev–Trinajstić information content (AvgIpc) is 3.00. The zero-order valence-corrected chi connectivity index (χ0v) is 13.2. The van der Waals surface area contributed by atoms with Gasteiger partial charge in [0.1, 0.15) is 11.2 Å². The number of amides is 1. The molecule has 0 unspecified atom stereocenters. The van der Waals surface area contributed by atoms with E-state index in [0.29, 0.717) is 17.2 Å². The van der Waals surface area contributed by atoms with Gasteiger partial charge in [-0.3, -0.25) is 4.79 Å². The van der Waals surface area contributed by atoms with Crippen molar-refractivity contribution in [3.63, 3.8) is 0 Å². The first kappa shape index (κ1) is 14.3. The first-order chi connectivity index (χ1) is 11.3. The molecule has 4 rings (SSSR count). The van der Waals surface area contributed by atoms with Crippen molar-refractivity contribution in [3.8, 4) is 0 Å². The molecule has 0 atom stereocenters. The molecule has 0 bridgehead atoms. The van der Waals surface area contributed by atoms with E-state index in [1.54, 1.807) is 0 Å². The molecule has 1 amide bonds. The molecule has 1 aromatic heterocycles. The number of furan rings is 1. The van der Waals surface area contributed by atoms with E-state index in [-0.39, 0.29) is 5.91 Å². The number of likely N-dealkylation sites (tertiary alicyclic amines) is 1. The van der Waals surface area contributed by atoms with Crippen molar-refractivity contribution in [1.29, 1.82) is 0 Å². The number of nitrogens with zero attached hydrogens (tertiary/aromatic N) is 1. The Morgan fingerprint density at radius 1 is 1.09 bits per heavy atom. The first-order valence-electron chi connectivity index (χ1n) is 8.14. The highest BCUT2D eigenvalue weighted by molar-refractivity contribution is 6.13. The van der Waals surface area contributed by atoms with E-state index in [9.17, 15) is 4.79 Å². The minimum absolute atomic E-state index is 0.0733. The number of nitrogens with one attached hydrogen (secondary N) is 1. The van der Waals surface area contributed by atoms with Gasteiger partial charge in [-0.15, -0.1) is 0 Å². The van der Waals surface area contributed by atoms with Gasteiger partial charge >= 0.3 is 0 Å². The smallest absolute Gasteiger partial charge is 0.257 e. The Morgan fingerprint density at radius 2 is 1.83 bits per heavy atom. The molecule has 4 heteroatoms. The van der Waals surface area contributed by atoms with Gasteiger partial charge in [0, 0.05) is 29.9 Å². The lowest BCUT2D eigenvalue weighted by Crippen LogP contribution is -2.43. The van der Waals surface area contributed by atoms with Crippen LogP contribution < -0.4 is 5.32 Å². The van der Waals surface area contributed by atoms with Gasteiger partial charge in [0.15, 0.2) is 0 Å². The molecule has 23 heavy (non-hydrogen) atoms. The number of hydrogen-bond acceptors (Lipinski definition) is 3. The van der Waals surface area contributed by atoms with Crippen molar-refractivity contribution in [2.45, 2.75) is 18.9 Å². The van der Waals surface area contributed by atoms with Crippen LogP contribution >= 0.6 is 0 Å². The van der Waals surface area contributed by atoms with Crippen LogP contribution in [0.3, 0.4) is 0 Å². The lowest BCUT2D eigenvalue weighted by molar-refractivity contribution is 0.0708. The third-order valence-electron chi connectivity index (χ3n) is 4.83. The van der Waals surface area contributed by atoms with Crippen LogP contribution in [0.15, 0.2) is 46.9 Å². The predicted octanol–water partition coefficient (Wildman–Crippen LogP) is 3.41. The summed E-state index contributed by atoms with van der Waals surface area (Å²) in [5.74, 6) is 0.0733. The summed E-state index contributed by atoms with van der Waals surface area (Å²) in [6.45, 7) is 1.59. The molecule has 0 aliphatic carbocycles. The van der Waals surface area contributed by atoms with Crippen LogP contribution in [-0.2, 0) is 0 Å². The van der Waals surface area contributed by atoms with Gasteiger partial charge in [-0.05, 0) is 32.0 Å². The van der Waals surface area contributed by atoms with Crippen molar-refractivity contribution in [1.82, 2.24) is 10.2 Å². The van der Waals surface area contributed by atoms with Crippen molar-refractivity contribution >= 4 is 27.8 Å². The summed E-state index contributed by atoms with van der Waals surface area (Å²) < 4.78 is 5.98. The second-order valence-electron chi connectivity index (χ2n) is 6.14. The summed E-state index contributed by atoms with van der Waals surface area (Å²) in [5.41, 5.74) is 2.20. The highest BCUT2D eigenvalue weighted by Crippen LogP contribution is 2.31. The van der Waals surface area contributed by atoms with Gasteiger partial charge in [-0.25, -0.2) is 0 Å². The first-order valence-corrected chi connectivity index (χ1v) is 8.14. The zero-order valence-electron chi connectivity index (χ0n) is 13.2. The van der Waals surface area contributed by atoms with E-state index in [0.717, 1.165) is 42.3 Å². The summed E-state index contributed by atoms with van der Waals surface area (Å²) in [4.78, 5) is 14.9.